The van der Waals surface area contributed by atoms with Crippen molar-refractivity contribution in [1.82, 2.24) is 4.98 Å². The smallest absolute Gasteiger partial charge is 0.0346 e. The molecule has 7 unspecified atom stereocenters. The second kappa shape index (κ2) is 15.0. The Labute approximate surface area is 334 Å². The molecule has 10 rings (SSSR count). The van der Waals surface area contributed by atoms with Crippen LogP contribution in [0.5, 0.6) is 0 Å². The summed E-state index contributed by atoms with van der Waals surface area (Å²) >= 11 is 0. The van der Waals surface area contributed by atoms with Crippen molar-refractivity contribution < 1.29 is 0 Å². The van der Waals surface area contributed by atoms with Crippen molar-refractivity contribution in [1.29, 1.82) is 0 Å². The summed E-state index contributed by atoms with van der Waals surface area (Å²) in [6, 6.07) is 11.4. The predicted octanol–water partition coefficient (Wildman–Crippen LogP) is 14.0. The highest BCUT2D eigenvalue weighted by molar-refractivity contribution is 5.84. The topological polar surface area (TPSA) is 12.9 Å². The van der Waals surface area contributed by atoms with Gasteiger partial charge in [-0.3, -0.25) is 4.98 Å². The third-order valence-electron chi connectivity index (χ3n) is 13.9. The van der Waals surface area contributed by atoms with E-state index in [4.69, 9.17) is 0 Å². The SMILES string of the molecule is CC1C=CC=C(c2cc(C3=CC(C4=CC(C5=CC(C6C=C7C(=CC6)C6C=CC=CC6C6=C7CCC=C6)CC=C5)=CCC4)CC=C3)cc(-c3cccnc3)c2)C1C. The van der Waals surface area contributed by atoms with Crippen molar-refractivity contribution in [2.75, 3.05) is 0 Å². The van der Waals surface area contributed by atoms with Gasteiger partial charge >= 0.3 is 0 Å². The highest BCUT2D eigenvalue weighted by Crippen LogP contribution is 2.51. The number of nitrogens with zero attached hydrogens (tertiary/aromatic N) is 1. The average molecular weight is 728 g/mol. The zero-order valence-electron chi connectivity index (χ0n) is 32.9. The monoisotopic (exact) mass is 727 g/mol. The van der Waals surface area contributed by atoms with Gasteiger partial charge < -0.3 is 0 Å². The van der Waals surface area contributed by atoms with Gasteiger partial charge in [0, 0.05) is 35.7 Å². The van der Waals surface area contributed by atoms with E-state index in [9.17, 15) is 0 Å². The van der Waals surface area contributed by atoms with E-state index in [1.165, 1.54) is 45.4 Å². The molecular formula is C55H53N. The second-order valence-corrected chi connectivity index (χ2v) is 17.2. The molecule has 0 bridgehead atoms. The van der Waals surface area contributed by atoms with Crippen molar-refractivity contribution in [3.8, 4) is 11.1 Å². The van der Waals surface area contributed by atoms with Crippen LogP contribution in [0.15, 0.2) is 197 Å². The minimum Gasteiger partial charge on any atom is -0.264 e. The minimum absolute atomic E-state index is 0.404. The normalized spacial score (nSPS) is 30.2. The summed E-state index contributed by atoms with van der Waals surface area (Å²) in [5, 5.41) is 0. The van der Waals surface area contributed by atoms with E-state index < -0.39 is 0 Å². The van der Waals surface area contributed by atoms with Crippen LogP contribution in [-0.4, -0.2) is 4.98 Å². The average Bonchev–Trinajstić information content (AvgIpc) is 3.27. The van der Waals surface area contributed by atoms with E-state index in [-0.39, 0.29) is 0 Å². The molecule has 0 aliphatic heterocycles. The molecule has 1 aromatic carbocycles. The molecule has 0 saturated carbocycles. The number of benzene rings is 1. The van der Waals surface area contributed by atoms with Gasteiger partial charge in [0.2, 0.25) is 0 Å². The summed E-state index contributed by atoms with van der Waals surface area (Å²) in [5.41, 5.74) is 18.5. The van der Waals surface area contributed by atoms with Crippen LogP contribution in [0, 0.1) is 41.4 Å². The van der Waals surface area contributed by atoms with E-state index in [0.717, 1.165) is 44.1 Å². The predicted molar refractivity (Wildman–Crippen MR) is 236 cm³/mol. The third kappa shape index (κ3) is 6.60. The highest BCUT2D eigenvalue weighted by atomic mass is 14.6. The van der Waals surface area contributed by atoms with Gasteiger partial charge in [0.25, 0.3) is 0 Å². The van der Waals surface area contributed by atoms with E-state index in [2.05, 4.69) is 159 Å². The van der Waals surface area contributed by atoms with Crippen molar-refractivity contribution in [2.24, 2.45) is 41.4 Å². The van der Waals surface area contributed by atoms with E-state index in [0.29, 0.717) is 41.4 Å². The molecule has 0 N–H and O–H groups in total. The standard InChI is InChI=1S/C55H53N/c1-36-12-7-24-49(37(36)2)48-32-46(31-47(33-48)45-19-11-27-56-35-45)43-18-10-16-41(30-43)39-14-8-13-38(28-39)40-15-9-17-42(29-40)44-25-26-54-52-22-4-3-20-50(52)51-21-5-6-23-53(51)55(54)34-44/h3-5,7,9-13,15,18-22,24,26-37,41-42,44,50,52H,6,8,14,16-17,23,25H2,1-2H3. The quantitative estimate of drug-likeness (QED) is 0.289. The van der Waals surface area contributed by atoms with Gasteiger partial charge in [-0.2, -0.15) is 0 Å². The number of allylic oxidation sites excluding steroid dienone is 28. The van der Waals surface area contributed by atoms with Crippen LogP contribution < -0.4 is 0 Å². The Bertz CT molecular complexity index is 2380. The summed E-state index contributed by atoms with van der Waals surface area (Å²) in [6.07, 6.45) is 58.0. The molecule has 7 atom stereocenters. The largest absolute Gasteiger partial charge is 0.264 e. The van der Waals surface area contributed by atoms with E-state index >= 15 is 0 Å². The molecule has 2 aromatic rings. The van der Waals surface area contributed by atoms with Crippen LogP contribution in [0.4, 0.5) is 0 Å². The lowest BCUT2D eigenvalue weighted by molar-refractivity contribution is 0.462. The fraction of sp³-hybridized carbons (Fsp3) is 0.291. The first-order valence-electron chi connectivity index (χ1n) is 21.4. The number of rotatable bonds is 6. The summed E-state index contributed by atoms with van der Waals surface area (Å²) < 4.78 is 0. The fourth-order valence-corrected chi connectivity index (χ4v) is 10.6. The van der Waals surface area contributed by atoms with Crippen LogP contribution in [0.2, 0.25) is 0 Å². The summed E-state index contributed by atoms with van der Waals surface area (Å²) in [6.45, 7) is 4.69. The van der Waals surface area contributed by atoms with Gasteiger partial charge in [-0.05, 0) is 154 Å². The lowest BCUT2D eigenvalue weighted by atomic mass is 9.63. The first kappa shape index (κ1) is 35.2. The molecule has 0 amide bonds. The van der Waals surface area contributed by atoms with E-state index in [1.54, 1.807) is 27.9 Å². The van der Waals surface area contributed by atoms with Gasteiger partial charge in [0.1, 0.15) is 0 Å². The van der Waals surface area contributed by atoms with Gasteiger partial charge in [0.15, 0.2) is 0 Å². The zero-order valence-corrected chi connectivity index (χ0v) is 32.9. The third-order valence-corrected chi connectivity index (χ3v) is 13.9. The van der Waals surface area contributed by atoms with Crippen molar-refractivity contribution >= 4 is 11.1 Å². The molecule has 1 nitrogen and oxygen atoms in total. The first-order chi connectivity index (χ1) is 27.6. The van der Waals surface area contributed by atoms with Crippen LogP contribution in [0.1, 0.15) is 69.9 Å². The van der Waals surface area contributed by atoms with Gasteiger partial charge in [-0.25, -0.2) is 0 Å². The van der Waals surface area contributed by atoms with Crippen molar-refractivity contribution in [3.63, 3.8) is 0 Å². The Hall–Kier alpha value is -5.27. The van der Waals surface area contributed by atoms with Crippen molar-refractivity contribution in [3.05, 3.63) is 208 Å². The van der Waals surface area contributed by atoms with Gasteiger partial charge in [0.05, 0.1) is 0 Å². The highest BCUT2D eigenvalue weighted by Gasteiger charge is 2.37. The number of fused-ring (bicyclic) bond motifs is 5. The maximum absolute atomic E-state index is 4.48. The molecule has 1 aromatic heterocycles. The first-order valence-corrected chi connectivity index (χ1v) is 21.4. The minimum atomic E-state index is 0.404. The maximum Gasteiger partial charge on any atom is 0.0346 e. The summed E-state index contributed by atoms with van der Waals surface area (Å²) in [5.74, 6) is 3.43. The molecule has 0 fully saturated rings. The molecule has 56 heavy (non-hydrogen) atoms. The van der Waals surface area contributed by atoms with E-state index in [1.807, 2.05) is 18.5 Å². The van der Waals surface area contributed by atoms with Crippen LogP contribution in [-0.2, 0) is 0 Å². The Balaban J connectivity index is 0.928. The summed E-state index contributed by atoms with van der Waals surface area (Å²) in [4.78, 5) is 4.48. The molecule has 1 heterocycles. The molecule has 0 saturated heterocycles. The molecule has 1 heteroatoms. The van der Waals surface area contributed by atoms with Gasteiger partial charge in [-0.1, -0.05) is 141 Å². The molecule has 0 spiro atoms. The molecule has 278 valence electrons. The lowest BCUT2D eigenvalue weighted by Crippen LogP contribution is -2.28. The van der Waals surface area contributed by atoms with Crippen LogP contribution >= 0.6 is 0 Å². The van der Waals surface area contributed by atoms with Crippen molar-refractivity contribution in [2.45, 2.75) is 58.8 Å². The lowest BCUT2D eigenvalue weighted by Gasteiger charge is -2.41. The number of hydrogen-bond acceptors (Lipinski definition) is 1. The zero-order chi connectivity index (χ0) is 37.6. The number of aromatic nitrogens is 1. The molecule has 8 aliphatic carbocycles. The molecular weight excluding hydrogens is 675 g/mol. The number of hydrogen-bond donors (Lipinski definition) is 0. The maximum atomic E-state index is 4.48. The second-order valence-electron chi connectivity index (χ2n) is 17.2. The fourth-order valence-electron chi connectivity index (χ4n) is 10.6. The Morgan fingerprint density at radius 2 is 1.48 bits per heavy atom. The Morgan fingerprint density at radius 1 is 0.643 bits per heavy atom. The Morgan fingerprint density at radius 3 is 2.39 bits per heavy atom. The van der Waals surface area contributed by atoms with Crippen LogP contribution in [0.25, 0.3) is 22.3 Å². The number of pyridine rings is 1. The van der Waals surface area contributed by atoms with Crippen LogP contribution in [0.3, 0.4) is 0 Å². The molecule has 8 aliphatic rings. The summed E-state index contributed by atoms with van der Waals surface area (Å²) in [7, 11) is 0. The Kier molecular flexibility index (Phi) is 9.42. The molecule has 0 radical (unpaired) electrons. The van der Waals surface area contributed by atoms with Gasteiger partial charge in [-0.15, -0.1) is 0 Å².